The van der Waals surface area contributed by atoms with Crippen LogP contribution in [0.1, 0.15) is 12.8 Å². The van der Waals surface area contributed by atoms with E-state index in [1.54, 1.807) is 0 Å². The number of fused-ring (bicyclic) bond motifs is 2. The molecule has 0 saturated heterocycles. The molecule has 2 rings (SSSR count). The fourth-order valence-corrected chi connectivity index (χ4v) is 3.52. The Bertz CT molecular complexity index is 346. The topological polar surface area (TPSA) is 0 Å². The first-order valence-electron chi connectivity index (χ1n) is 4.80. The summed E-state index contributed by atoms with van der Waals surface area (Å²) in [4.78, 5) is 0. The van der Waals surface area contributed by atoms with Gasteiger partial charge in [-0.3, -0.25) is 0 Å². The van der Waals surface area contributed by atoms with Crippen LogP contribution in [0.5, 0.6) is 0 Å². The summed E-state index contributed by atoms with van der Waals surface area (Å²) in [5, 5.41) is 0. The number of hydrogen-bond acceptors (Lipinski definition) is 0. The second-order valence-electron chi connectivity index (χ2n) is 3.87. The zero-order valence-electron chi connectivity index (χ0n) is 7.84. The van der Waals surface area contributed by atoms with Gasteiger partial charge in [0.05, 0.1) is 0 Å². The van der Waals surface area contributed by atoms with Crippen LogP contribution in [0.15, 0.2) is 30.0 Å². The van der Waals surface area contributed by atoms with Crippen LogP contribution in [0.25, 0.3) is 0 Å². The van der Waals surface area contributed by atoms with Crippen molar-refractivity contribution in [2.45, 2.75) is 12.8 Å². The Hall–Kier alpha value is -0.0731. The quantitative estimate of drug-likeness (QED) is 0.302. The molecular formula is C11H12Cl2Si. The van der Waals surface area contributed by atoms with Crippen molar-refractivity contribution in [2.75, 3.05) is 0 Å². The summed E-state index contributed by atoms with van der Waals surface area (Å²) in [6, 6.07) is 0. The van der Waals surface area contributed by atoms with Gasteiger partial charge in [-0.2, -0.15) is 0 Å². The molecule has 0 spiro atoms. The molecule has 2 aliphatic rings. The summed E-state index contributed by atoms with van der Waals surface area (Å²) in [5.41, 5.74) is 6.51. The normalized spacial score (nSPS) is 33.3. The van der Waals surface area contributed by atoms with Crippen LogP contribution in [0.4, 0.5) is 0 Å². The second kappa shape index (κ2) is 4.20. The van der Waals surface area contributed by atoms with Crippen molar-refractivity contribution in [1.29, 1.82) is 0 Å². The van der Waals surface area contributed by atoms with Crippen LogP contribution in [-0.2, 0) is 0 Å². The van der Waals surface area contributed by atoms with Gasteiger partial charge in [-0.15, -0.1) is 27.9 Å². The van der Waals surface area contributed by atoms with E-state index >= 15 is 0 Å². The molecule has 0 radical (unpaired) electrons. The largest absolute Gasteiger partial charge is 0.228 e. The van der Waals surface area contributed by atoms with Crippen molar-refractivity contribution in [2.24, 2.45) is 17.8 Å². The first-order chi connectivity index (χ1) is 6.72. The predicted molar refractivity (Wildman–Crippen MR) is 65.0 cm³/mol. The lowest BCUT2D eigenvalue weighted by molar-refractivity contribution is 0.458. The molecule has 0 aromatic rings. The molecule has 3 heteroatoms. The molecule has 1 saturated carbocycles. The van der Waals surface area contributed by atoms with Crippen LogP contribution in [-0.4, -0.2) is 12.7 Å². The van der Waals surface area contributed by atoms with Gasteiger partial charge < -0.3 is 0 Å². The Labute approximate surface area is 95.5 Å². The fraction of sp³-hybridized carbons (Fsp3) is 0.455. The molecule has 0 aromatic heterocycles. The number of halogens is 2. The smallest absolute Gasteiger partial charge is 0.129 e. The van der Waals surface area contributed by atoms with E-state index in [-0.39, 0.29) is 0 Å². The maximum Gasteiger partial charge on any atom is 0.228 e. The van der Waals surface area contributed by atoms with Crippen molar-refractivity contribution in [3.8, 4) is 0 Å². The Morgan fingerprint density at radius 2 is 2.36 bits per heavy atom. The minimum atomic E-state index is -1.22. The van der Waals surface area contributed by atoms with Crippen molar-refractivity contribution >= 4 is 34.9 Å². The zero-order valence-corrected chi connectivity index (χ0v) is 10.4. The van der Waals surface area contributed by atoms with Gasteiger partial charge >= 0.3 is 0 Å². The maximum absolute atomic E-state index is 5.80. The highest BCUT2D eigenvalue weighted by Gasteiger charge is 2.40. The van der Waals surface area contributed by atoms with Crippen LogP contribution in [0.2, 0.25) is 0 Å². The van der Waals surface area contributed by atoms with E-state index in [0.29, 0.717) is 17.8 Å². The van der Waals surface area contributed by atoms with Gasteiger partial charge in [0.15, 0.2) is 0 Å². The van der Waals surface area contributed by atoms with Crippen LogP contribution in [0.3, 0.4) is 0 Å². The minimum absolute atomic E-state index is 0.559. The molecule has 0 N–H and O–H groups in total. The molecule has 0 heterocycles. The van der Waals surface area contributed by atoms with E-state index in [1.807, 2.05) is 0 Å². The van der Waals surface area contributed by atoms with Gasteiger partial charge in [-0.1, -0.05) is 24.4 Å². The monoisotopic (exact) mass is 242 g/mol. The number of allylic oxidation sites excluding steroid dienone is 3. The Balaban J connectivity index is 2.11. The van der Waals surface area contributed by atoms with Crippen molar-refractivity contribution in [1.82, 2.24) is 0 Å². The summed E-state index contributed by atoms with van der Waals surface area (Å²) in [6.45, 7) is 3.74. The number of rotatable bonds is 2. The van der Waals surface area contributed by atoms with E-state index in [9.17, 15) is 0 Å². The molecule has 74 valence electrons. The van der Waals surface area contributed by atoms with Crippen molar-refractivity contribution in [3.63, 3.8) is 0 Å². The van der Waals surface area contributed by atoms with Gasteiger partial charge in [0, 0.05) is 5.92 Å². The van der Waals surface area contributed by atoms with E-state index in [1.165, 1.54) is 5.57 Å². The zero-order chi connectivity index (χ0) is 10.1. The van der Waals surface area contributed by atoms with E-state index < -0.39 is 7.03 Å². The molecule has 0 nitrogen and oxygen atoms in total. The Morgan fingerprint density at radius 3 is 2.93 bits per heavy atom. The minimum Gasteiger partial charge on any atom is -0.129 e. The fourth-order valence-electron chi connectivity index (χ4n) is 2.53. The third-order valence-corrected chi connectivity index (χ3v) is 4.68. The van der Waals surface area contributed by atoms with Gasteiger partial charge in [0.1, 0.15) is 0 Å². The average molecular weight is 243 g/mol. The lowest BCUT2D eigenvalue weighted by Crippen LogP contribution is -2.09. The molecule has 2 aliphatic carbocycles. The summed E-state index contributed by atoms with van der Waals surface area (Å²) < 4.78 is 0. The molecule has 14 heavy (non-hydrogen) atoms. The second-order valence-corrected chi connectivity index (χ2v) is 7.89. The molecule has 0 aromatic carbocycles. The lowest BCUT2D eigenvalue weighted by Gasteiger charge is -2.12. The van der Waals surface area contributed by atoms with E-state index in [4.69, 9.17) is 22.2 Å². The molecule has 3 atom stereocenters. The standard InChI is InChI=1S/C11H12Cl2Si/c1-2-8-7-9-3-4-10(8)11(9)5-6-14(12)13/h3-4,6,9-11H,1,5,7H2. The van der Waals surface area contributed by atoms with Gasteiger partial charge in [-0.25, -0.2) is 0 Å². The van der Waals surface area contributed by atoms with Crippen molar-refractivity contribution in [3.05, 3.63) is 30.0 Å². The van der Waals surface area contributed by atoms with Gasteiger partial charge in [0.25, 0.3) is 0 Å². The first kappa shape index (κ1) is 10.4. The predicted octanol–water partition coefficient (Wildman–Crippen LogP) is 3.26. The van der Waals surface area contributed by atoms with E-state index in [2.05, 4.69) is 30.1 Å². The van der Waals surface area contributed by atoms with Crippen molar-refractivity contribution < 1.29 is 0 Å². The molecular weight excluding hydrogens is 231 g/mol. The molecule has 3 unspecified atom stereocenters. The first-order valence-corrected chi connectivity index (χ1v) is 8.40. The summed E-state index contributed by atoms with van der Waals surface area (Å²) in [5.74, 6) is 1.91. The number of hydrogen-bond donors (Lipinski definition) is 0. The van der Waals surface area contributed by atoms with E-state index in [0.717, 1.165) is 12.8 Å². The summed E-state index contributed by atoms with van der Waals surface area (Å²) in [7, 11) is -1.22. The molecule has 1 fully saturated rings. The summed E-state index contributed by atoms with van der Waals surface area (Å²) in [6.07, 6.45) is 6.78. The lowest BCUT2D eigenvalue weighted by atomic mass is 9.93. The third-order valence-electron chi connectivity index (χ3n) is 3.21. The highest BCUT2D eigenvalue weighted by Crippen LogP contribution is 2.48. The highest BCUT2D eigenvalue weighted by atomic mass is 35.7. The van der Waals surface area contributed by atoms with Crippen LogP contribution in [0, 0.1) is 17.8 Å². The Morgan fingerprint density at radius 1 is 1.57 bits per heavy atom. The van der Waals surface area contributed by atoms with Crippen LogP contribution >= 0.6 is 22.2 Å². The average Bonchev–Trinajstić information content (AvgIpc) is 2.70. The third kappa shape index (κ3) is 1.83. The molecule has 2 bridgehead atoms. The van der Waals surface area contributed by atoms with Gasteiger partial charge in [-0.05, 0) is 30.3 Å². The summed E-state index contributed by atoms with van der Waals surface area (Å²) >= 11 is 11.6. The van der Waals surface area contributed by atoms with Gasteiger partial charge in [0.2, 0.25) is 7.03 Å². The maximum atomic E-state index is 5.80. The Kier molecular flexibility index (Phi) is 3.13. The van der Waals surface area contributed by atoms with Crippen LogP contribution < -0.4 is 0 Å². The highest BCUT2D eigenvalue weighted by molar-refractivity contribution is 7.34. The molecule has 0 aliphatic heterocycles. The molecule has 0 amide bonds. The SMILES string of the molecule is C=C=C1CC2C=CC1C2CC=[Si](Cl)Cl.